The van der Waals surface area contributed by atoms with Crippen LogP contribution < -0.4 is 0 Å². The van der Waals surface area contributed by atoms with Crippen molar-refractivity contribution in [3.63, 3.8) is 0 Å². The van der Waals surface area contributed by atoms with Crippen LogP contribution in [-0.4, -0.2) is 52.9 Å². The summed E-state index contributed by atoms with van der Waals surface area (Å²) in [5.74, 6) is 0.104. The Morgan fingerprint density at radius 3 is 2.25 bits per heavy atom. The number of piperidine rings is 2. The predicted octanol–water partition coefficient (Wildman–Crippen LogP) is 3.24. The number of nitriles is 1. The van der Waals surface area contributed by atoms with Gasteiger partial charge in [-0.3, -0.25) is 9.78 Å². The van der Waals surface area contributed by atoms with Crippen LogP contribution in [0.25, 0.3) is 0 Å². The van der Waals surface area contributed by atoms with Crippen LogP contribution >= 0.6 is 0 Å². The average molecular weight is 374 g/mol. The standard InChI is InChI=1S/C23H26N4O/c24-18-23(20-4-2-1-3-5-20)10-16-26(17-11-23)21-8-14-27(15-9-21)22(28)19-6-12-25-13-7-19/h1-7,12-13,21H,8-11,14-17H2. The summed E-state index contributed by atoms with van der Waals surface area (Å²) < 4.78 is 0. The van der Waals surface area contributed by atoms with Crippen molar-refractivity contribution in [3.05, 3.63) is 66.0 Å². The van der Waals surface area contributed by atoms with E-state index in [1.807, 2.05) is 23.1 Å². The van der Waals surface area contributed by atoms with Crippen molar-refractivity contribution < 1.29 is 4.79 Å². The number of aromatic nitrogens is 1. The number of nitrogens with zero attached hydrogens (tertiary/aromatic N) is 4. The summed E-state index contributed by atoms with van der Waals surface area (Å²) >= 11 is 0. The van der Waals surface area contributed by atoms with Gasteiger partial charge in [-0.25, -0.2) is 0 Å². The molecule has 2 aliphatic heterocycles. The van der Waals surface area contributed by atoms with Crippen LogP contribution in [0.15, 0.2) is 54.9 Å². The fraction of sp³-hybridized carbons (Fsp3) is 0.435. The predicted molar refractivity (Wildman–Crippen MR) is 108 cm³/mol. The molecule has 5 heteroatoms. The van der Waals surface area contributed by atoms with E-state index < -0.39 is 0 Å². The Balaban J connectivity index is 1.33. The van der Waals surface area contributed by atoms with Crippen molar-refractivity contribution in [3.8, 4) is 6.07 Å². The largest absolute Gasteiger partial charge is 0.339 e. The summed E-state index contributed by atoms with van der Waals surface area (Å²) in [6.07, 6.45) is 7.10. The minimum atomic E-state index is -0.351. The number of likely N-dealkylation sites (tertiary alicyclic amines) is 2. The van der Waals surface area contributed by atoms with Gasteiger partial charge in [0.25, 0.3) is 5.91 Å². The number of hydrogen-bond donors (Lipinski definition) is 0. The Morgan fingerprint density at radius 1 is 1.00 bits per heavy atom. The third kappa shape index (κ3) is 3.65. The van der Waals surface area contributed by atoms with E-state index in [1.54, 1.807) is 24.5 Å². The van der Waals surface area contributed by atoms with Crippen LogP contribution in [0.4, 0.5) is 0 Å². The number of benzene rings is 1. The summed E-state index contributed by atoms with van der Waals surface area (Å²) in [5.41, 5.74) is 1.51. The van der Waals surface area contributed by atoms with Crippen molar-refractivity contribution in [1.29, 1.82) is 5.26 Å². The molecule has 0 N–H and O–H groups in total. The molecule has 144 valence electrons. The number of carbonyl (C=O) groups is 1. The number of rotatable bonds is 3. The molecule has 1 aromatic carbocycles. The van der Waals surface area contributed by atoms with Crippen LogP contribution in [0.1, 0.15) is 41.6 Å². The van der Waals surface area contributed by atoms with Crippen molar-refractivity contribution in [2.75, 3.05) is 26.2 Å². The summed E-state index contributed by atoms with van der Waals surface area (Å²) in [7, 11) is 0. The lowest BCUT2D eigenvalue weighted by Gasteiger charge is -2.44. The van der Waals surface area contributed by atoms with Gasteiger partial charge in [0.2, 0.25) is 0 Å². The molecule has 0 unspecified atom stereocenters. The highest BCUT2D eigenvalue weighted by atomic mass is 16.2. The first-order chi connectivity index (χ1) is 13.7. The molecule has 2 saturated heterocycles. The minimum Gasteiger partial charge on any atom is -0.339 e. The highest BCUT2D eigenvalue weighted by Gasteiger charge is 2.38. The molecule has 1 amide bonds. The first-order valence-electron chi connectivity index (χ1n) is 10.1. The lowest BCUT2D eigenvalue weighted by atomic mass is 9.73. The number of pyridine rings is 1. The lowest BCUT2D eigenvalue weighted by molar-refractivity contribution is 0.0553. The third-order valence-electron chi connectivity index (χ3n) is 6.39. The van der Waals surface area contributed by atoms with E-state index in [2.05, 4.69) is 28.1 Å². The summed E-state index contributed by atoms with van der Waals surface area (Å²) in [6, 6.07) is 16.9. The Bertz CT molecular complexity index is 830. The SMILES string of the molecule is N#CC1(c2ccccc2)CCN(C2CCN(C(=O)c3ccncc3)CC2)CC1. The van der Waals surface area contributed by atoms with Crippen molar-refractivity contribution >= 4 is 5.91 Å². The normalized spacial score (nSPS) is 20.5. The van der Waals surface area contributed by atoms with Gasteiger partial charge in [-0.15, -0.1) is 0 Å². The second kappa shape index (κ2) is 8.12. The zero-order valence-electron chi connectivity index (χ0n) is 16.1. The van der Waals surface area contributed by atoms with Gasteiger partial charge in [0.15, 0.2) is 0 Å². The van der Waals surface area contributed by atoms with Crippen LogP contribution in [-0.2, 0) is 5.41 Å². The highest BCUT2D eigenvalue weighted by Crippen LogP contribution is 2.36. The van der Waals surface area contributed by atoms with E-state index in [0.29, 0.717) is 11.6 Å². The molecule has 0 aliphatic carbocycles. The van der Waals surface area contributed by atoms with Crippen LogP contribution in [0.5, 0.6) is 0 Å². The molecule has 28 heavy (non-hydrogen) atoms. The first-order valence-corrected chi connectivity index (χ1v) is 10.1. The van der Waals surface area contributed by atoms with E-state index in [1.165, 1.54) is 0 Å². The van der Waals surface area contributed by atoms with E-state index in [-0.39, 0.29) is 11.3 Å². The van der Waals surface area contributed by atoms with E-state index >= 15 is 0 Å². The van der Waals surface area contributed by atoms with Crippen molar-refractivity contribution in [2.45, 2.75) is 37.1 Å². The second-order valence-corrected chi connectivity index (χ2v) is 7.86. The summed E-state index contributed by atoms with van der Waals surface area (Å²) in [4.78, 5) is 21.1. The maximum absolute atomic E-state index is 12.6. The fourth-order valence-corrected chi connectivity index (χ4v) is 4.60. The molecule has 2 aromatic rings. The quantitative estimate of drug-likeness (QED) is 0.827. The van der Waals surface area contributed by atoms with Gasteiger partial charge in [-0.05, 0) is 43.4 Å². The van der Waals surface area contributed by atoms with Crippen molar-refractivity contribution in [1.82, 2.24) is 14.8 Å². The Hall–Kier alpha value is -2.71. The second-order valence-electron chi connectivity index (χ2n) is 7.86. The molecule has 1 aromatic heterocycles. The average Bonchev–Trinajstić information content (AvgIpc) is 2.80. The van der Waals surface area contributed by atoms with Gasteiger partial charge >= 0.3 is 0 Å². The van der Waals surface area contributed by atoms with Crippen LogP contribution in [0.3, 0.4) is 0 Å². The van der Waals surface area contributed by atoms with Gasteiger partial charge in [-0.2, -0.15) is 5.26 Å². The Morgan fingerprint density at radius 2 is 1.64 bits per heavy atom. The molecule has 0 atom stereocenters. The molecule has 0 spiro atoms. The molecule has 4 rings (SSSR count). The Kier molecular flexibility index (Phi) is 5.40. The highest BCUT2D eigenvalue weighted by molar-refractivity contribution is 5.94. The molecule has 5 nitrogen and oxygen atoms in total. The molecule has 0 saturated carbocycles. The van der Waals surface area contributed by atoms with Gasteiger partial charge in [0.1, 0.15) is 0 Å². The number of amides is 1. The molecule has 0 bridgehead atoms. The van der Waals surface area contributed by atoms with Crippen molar-refractivity contribution in [2.24, 2.45) is 0 Å². The first kappa shape index (κ1) is 18.6. The zero-order chi connectivity index (χ0) is 19.4. The lowest BCUT2D eigenvalue weighted by Crippen LogP contribution is -2.51. The van der Waals surface area contributed by atoms with Crippen LogP contribution in [0.2, 0.25) is 0 Å². The summed E-state index contributed by atoms with van der Waals surface area (Å²) in [6.45, 7) is 3.49. The molecule has 3 heterocycles. The van der Waals surface area contributed by atoms with Gasteiger partial charge < -0.3 is 9.80 Å². The van der Waals surface area contributed by atoms with Gasteiger partial charge in [-0.1, -0.05) is 30.3 Å². The molecular formula is C23H26N4O. The zero-order valence-corrected chi connectivity index (χ0v) is 16.1. The smallest absolute Gasteiger partial charge is 0.253 e. The monoisotopic (exact) mass is 374 g/mol. The third-order valence-corrected chi connectivity index (χ3v) is 6.39. The molecule has 2 fully saturated rings. The maximum atomic E-state index is 12.6. The number of carbonyl (C=O) groups excluding carboxylic acids is 1. The maximum Gasteiger partial charge on any atom is 0.253 e. The topological polar surface area (TPSA) is 60.2 Å². The van der Waals surface area contributed by atoms with Crippen LogP contribution in [0, 0.1) is 11.3 Å². The van der Waals surface area contributed by atoms with E-state index in [4.69, 9.17) is 0 Å². The molecule has 2 aliphatic rings. The van der Waals surface area contributed by atoms with Gasteiger partial charge in [0, 0.05) is 50.2 Å². The minimum absolute atomic E-state index is 0.104. The Labute approximate surface area is 166 Å². The van der Waals surface area contributed by atoms with E-state index in [9.17, 15) is 10.1 Å². The number of hydrogen-bond acceptors (Lipinski definition) is 4. The summed E-state index contributed by atoms with van der Waals surface area (Å²) in [5, 5.41) is 9.88. The van der Waals surface area contributed by atoms with Gasteiger partial charge in [0.05, 0.1) is 11.5 Å². The molecular weight excluding hydrogens is 348 g/mol. The molecule has 0 radical (unpaired) electrons. The van der Waals surface area contributed by atoms with E-state index in [0.717, 1.165) is 57.4 Å². The fourth-order valence-electron chi connectivity index (χ4n) is 4.60.